The highest BCUT2D eigenvalue weighted by atomic mass is 32.2. The number of rotatable bonds is 5. The van der Waals surface area contributed by atoms with Crippen LogP contribution in [0.15, 0.2) is 41.7 Å². The number of anilines is 1. The van der Waals surface area contributed by atoms with Gasteiger partial charge in [-0.05, 0) is 73.2 Å². The molecule has 2 fully saturated rings. The number of hydrogen-bond acceptors (Lipinski definition) is 5. The number of amides is 1. The van der Waals surface area contributed by atoms with Crippen LogP contribution >= 0.6 is 11.9 Å². The van der Waals surface area contributed by atoms with Crippen LogP contribution < -0.4 is 10.0 Å². The van der Waals surface area contributed by atoms with Crippen molar-refractivity contribution in [3.8, 4) is 11.1 Å². The van der Waals surface area contributed by atoms with Gasteiger partial charge in [0.25, 0.3) is 0 Å². The molecule has 0 radical (unpaired) electrons. The highest BCUT2D eigenvalue weighted by molar-refractivity contribution is 7.97. The van der Waals surface area contributed by atoms with Crippen LogP contribution in [-0.2, 0) is 4.79 Å². The fraction of sp³-hybridized carbons (Fsp3) is 0.450. The second-order valence-corrected chi connectivity index (χ2v) is 8.27. The predicted molar refractivity (Wildman–Crippen MR) is 105 cm³/mol. The molecule has 2 aliphatic rings. The standard InChI is InChI=1S/C20H24N4OS/c1-13(25)23-20-10-15(6-7-22-20)17-9-18(12-21-11-17)26-24-19-5-3-14-2-4-16(19)8-14/h6-7,9-12,14,16,19,24H,2-5,8H2,1H3,(H,22,23,25). The summed E-state index contributed by atoms with van der Waals surface area (Å²) in [7, 11) is 0. The van der Waals surface area contributed by atoms with E-state index in [2.05, 4.69) is 26.1 Å². The lowest BCUT2D eigenvalue weighted by atomic mass is 9.86. The van der Waals surface area contributed by atoms with Crippen molar-refractivity contribution in [2.24, 2.45) is 11.8 Å². The second kappa shape index (κ2) is 7.76. The Hall–Kier alpha value is -1.92. The third-order valence-electron chi connectivity index (χ3n) is 5.48. The van der Waals surface area contributed by atoms with Crippen LogP contribution in [0, 0.1) is 11.8 Å². The minimum Gasteiger partial charge on any atom is -0.311 e. The summed E-state index contributed by atoms with van der Waals surface area (Å²) in [6.45, 7) is 1.48. The van der Waals surface area contributed by atoms with Crippen molar-refractivity contribution in [1.82, 2.24) is 14.7 Å². The molecule has 26 heavy (non-hydrogen) atoms. The monoisotopic (exact) mass is 368 g/mol. The highest BCUT2D eigenvalue weighted by Gasteiger charge is 2.35. The van der Waals surface area contributed by atoms with Crippen molar-refractivity contribution in [2.45, 2.75) is 50.0 Å². The Kier molecular flexibility index (Phi) is 5.22. The van der Waals surface area contributed by atoms with Gasteiger partial charge in [-0.3, -0.25) is 14.5 Å². The van der Waals surface area contributed by atoms with Crippen molar-refractivity contribution in [2.75, 3.05) is 5.32 Å². The summed E-state index contributed by atoms with van der Waals surface area (Å²) in [5, 5.41) is 2.72. The average Bonchev–Trinajstić information content (AvgIpc) is 3.03. The van der Waals surface area contributed by atoms with Gasteiger partial charge in [0, 0.05) is 42.0 Å². The zero-order valence-corrected chi connectivity index (χ0v) is 15.8. The molecule has 2 aromatic rings. The Morgan fingerprint density at radius 1 is 1.15 bits per heavy atom. The summed E-state index contributed by atoms with van der Waals surface area (Å²) in [6, 6.07) is 6.57. The zero-order chi connectivity index (χ0) is 17.9. The summed E-state index contributed by atoms with van der Waals surface area (Å²) in [5.74, 6) is 2.27. The van der Waals surface area contributed by atoms with Crippen LogP contribution in [0.4, 0.5) is 5.82 Å². The smallest absolute Gasteiger partial charge is 0.222 e. The highest BCUT2D eigenvalue weighted by Crippen LogP contribution is 2.42. The third-order valence-corrected chi connectivity index (χ3v) is 6.35. The van der Waals surface area contributed by atoms with E-state index in [4.69, 9.17) is 0 Å². The number of nitrogens with zero attached hydrogens (tertiary/aromatic N) is 2. The summed E-state index contributed by atoms with van der Waals surface area (Å²) in [5.41, 5.74) is 2.02. The van der Waals surface area contributed by atoms with E-state index in [0.29, 0.717) is 11.9 Å². The van der Waals surface area contributed by atoms with Crippen LogP contribution in [0.1, 0.15) is 39.0 Å². The van der Waals surface area contributed by atoms with E-state index in [9.17, 15) is 4.79 Å². The van der Waals surface area contributed by atoms with Gasteiger partial charge < -0.3 is 5.32 Å². The number of carbonyl (C=O) groups excluding carboxylic acids is 1. The van der Waals surface area contributed by atoms with Crippen LogP contribution in [-0.4, -0.2) is 21.9 Å². The van der Waals surface area contributed by atoms with Gasteiger partial charge in [-0.2, -0.15) is 0 Å². The molecule has 5 nitrogen and oxygen atoms in total. The summed E-state index contributed by atoms with van der Waals surface area (Å²) >= 11 is 1.69. The molecule has 2 N–H and O–H groups in total. The van der Waals surface area contributed by atoms with E-state index in [1.165, 1.54) is 39.0 Å². The van der Waals surface area contributed by atoms with Crippen LogP contribution in [0.3, 0.4) is 0 Å². The molecular formula is C20H24N4OS. The van der Waals surface area contributed by atoms with Gasteiger partial charge in [-0.25, -0.2) is 4.98 Å². The van der Waals surface area contributed by atoms with E-state index < -0.39 is 0 Å². The maximum absolute atomic E-state index is 11.2. The van der Waals surface area contributed by atoms with Crippen LogP contribution in [0.2, 0.25) is 0 Å². The summed E-state index contributed by atoms with van der Waals surface area (Å²) in [4.78, 5) is 20.9. The number of nitrogens with one attached hydrogen (secondary N) is 2. The summed E-state index contributed by atoms with van der Waals surface area (Å²) in [6.07, 6.45) is 12.3. The maximum atomic E-state index is 11.2. The van der Waals surface area contributed by atoms with Crippen LogP contribution in [0.25, 0.3) is 11.1 Å². The quantitative estimate of drug-likeness (QED) is 0.771. The molecule has 2 aliphatic carbocycles. The topological polar surface area (TPSA) is 66.9 Å². The SMILES string of the molecule is CC(=O)Nc1cc(-c2cncc(SNC3CCC4CCC3C4)c2)ccn1. The van der Waals surface area contributed by atoms with Crippen molar-refractivity contribution >= 4 is 23.7 Å². The molecule has 1 amide bonds. The summed E-state index contributed by atoms with van der Waals surface area (Å²) < 4.78 is 3.69. The van der Waals surface area contributed by atoms with E-state index >= 15 is 0 Å². The lowest BCUT2D eigenvalue weighted by Crippen LogP contribution is -2.33. The van der Waals surface area contributed by atoms with Crippen molar-refractivity contribution in [3.63, 3.8) is 0 Å². The fourth-order valence-electron chi connectivity index (χ4n) is 4.18. The molecule has 0 saturated heterocycles. The molecule has 3 atom stereocenters. The van der Waals surface area contributed by atoms with E-state index in [1.54, 1.807) is 18.1 Å². The molecule has 0 aromatic carbocycles. The molecule has 2 aromatic heterocycles. The van der Waals surface area contributed by atoms with Gasteiger partial charge in [-0.15, -0.1) is 0 Å². The van der Waals surface area contributed by atoms with Crippen LogP contribution in [0.5, 0.6) is 0 Å². The number of fused-ring (bicyclic) bond motifs is 2. The third kappa shape index (κ3) is 4.07. The largest absolute Gasteiger partial charge is 0.311 e. The molecule has 0 spiro atoms. The first-order valence-electron chi connectivity index (χ1n) is 9.29. The Morgan fingerprint density at radius 3 is 2.92 bits per heavy atom. The molecule has 4 rings (SSSR count). The van der Waals surface area contributed by atoms with Gasteiger partial charge in [0.05, 0.1) is 0 Å². The molecule has 0 aliphatic heterocycles. The Morgan fingerprint density at radius 2 is 2.04 bits per heavy atom. The molecule has 2 bridgehead atoms. The molecule has 2 heterocycles. The van der Waals surface area contributed by atoms with Crippen molar-refractivity contribution in [3.05, 3.63) is 36.8 Å². The van der Waals surface area contributed by atoms with E-state index in [0.717, 1.165) is 27.9 Å². The normalized spacial score (nSPS) is 24.4. The molecule has 136 valence electrons. The Bertz CT molecular complexity index is 797. The van der Waals surface area contributed by atoms with Gasteiger partial charge >= 0.3 is 0 Å². The van der Waals surface area contributed by atoms with Crippen molar-refractivity contribution < 1.29 is 4.79 Å². The number of hydrogen-bond donors (Lipinski definition) is 2. The first kappa shape index (κ1) is 17.5. The number of pyridine rings is 2. The minimum absolute atomic E-state index is 0.122. The lowest BCUT2D eigenvalue weighted by molar-refractivity contribution is -0.114. The predicted octanol–water partition coefficient (Wildman–Crippen LogP) is 4.28. The van der Waals surface area contributed by atoms with E-state index in [1.807, 2.05) is 24.5 Å². The Balaban J connectivity index is 1.44. The van der Waals surface area contributed by atoms with Gasteiger partial charge in [0.15, 0.2) is 0 Å². The maximum Gasteiger partial charge on any atom is 0.222 e. The first-order valence-corrected chi connectivity index (χ1v) is 10.1. The Labute approximate surface area is 158 Å². The fourth-order valence-corrected chi connectivity index (χ4v) is 5.08. The van der Waals surface area contributed by atoms with Crippen molar-refractivity contribution in [1.29, 1.82) is 0 Å². The molecular weight excluding hydrogens is 344 g/mol. The van der Waals surface area contributed by atoms with Gasteiger partial charge in [0.1, 0.15) is 5.82 Å². The first-order chi connectivity index (χ1) is 12.7. The molecule has 2 saturated carbocycles. The second-order valence-electron chi connectivity index (χ2n) is 7.36. The minimum atomic E-state index is -0.122. The lowest BCUT2D eigenvalue weighted by Gasteiger charge is -2.29. The number of aromatic nitrogens is 2. The average molecular weight is 369 g/mol. The number of carbonyl (C=O) groups is 1. The van der Waals surface area contributed by atoms with E-state index in [-0.39, 0.29) is 5.91 Å². The zero-order valence-electron chi connectivity index (χ0n) is 14.9. The molecule has 3 unspecified atom stereocenters. The van der Waals surface area contributed by atoms with Gasteiger partial charge in [0.2, 0.25) is 5.91 Å². The molecule has 6 heteroatoms. The van der Waals surface area contributed by atoms with Gasteiger partial charge in [-0.1, -0.05) is 6.42 Å².